The Morgan fingerprint density at radius 2 is 1.70 bits per heavy atom. The Labute approximate surface area is 124 Å². The van der Waals surface area contributed by atoms with Crippen molar-refractivity contribution in [3.05, 3.63) is 35.4 Å². The molecule has 1 atom stereocenters. The molecule has 2 nitrogen and oxygen atoms in total. The van der Waals surface area contributed by atoms with Crippen molar-refractivity contribution >= 4 is 0 Å². The van der Waals surface area contributed by atoms with Crippen molar-refractivity contribution in [1.29, 1.82) is 0 Å². The van der Waals surface area contributed by atoms with Crippen LogP contribution in [0.1, 0.15) is 56.2 Å². The van der Waals surface area contributed by atoms with Gasteiger partial charge in [-0.3, -0.25) is 0 Å². The van der Waals surface area contributed by atoms with E-state index in [-0.39, 0.29) is 5.54 Å². The van der Waals surface area contributed by atoms with Crippen molar-refractivity contribution in [2.45, 2.75) is 57.0 Å². The summed E-state index contributed by atoms with van der Waals surface area (Å²) in [4.78, 5) is 2.46. The van der Waals surface area contributed by atoms with E-state index in [1.165, 1.54) is 43.2 Å². The lowest BCUT2D eigenvalue weighted by Gasteiger charge is -2.48. The van der Waals surface area contributed by atoms with Gasteiger partial charge in [0.2, 0.25) is 0 Å². The molecular formula is C18H30N2. The first-order chi connectivity index (χ1) is 9.64. The molecule has 0 aromatic heterocycles. The molecule has 20 heavy (non-hydrogen) atoms. The molecule has 0 bridgehead atoms. The lowest BCUT2D eigenvalue weighted by molar-refractivity contribution is 0.0594. The van der Waals surface area contributed by atoms with Gasteiger partial charge in [0.05, 0.1) is 6.04 Å². The average Bonchev–Trinajstić information content (AvgIpc) is 2.49. The van der Waals surface area contributed by atoms with Crippen LogP contribution in [-0.4, -0.2) is 31.6 Å². The first-order valence-corrected chi connectivity index (χ1v) is 8.07. The summed E-state index contributed by atoms with van der Waals surface area (Å²) in [6.45, 7) is 2.22. The van der Waals surface area contributed by atoms with Crippen LogP contribution in [0.5, 0.6) is 0 Å². The monoisotopic (exact) mass is 274 g/mol. The van der Waals surface area contributed by atoms with Crippen LogP contribution >= 0.6 is 0 Å². The Morgan fingerprint density at radius 3 is 2.15 bits per heavy atom. The van der Waals surface area contributed by atoms with Crippen molar-refractivity contribution in [3.8, 4) is 0 Å². The van der Waals surface area contributed by atoms with Gasteiger partial charge in [-0.15, -0.1) is 0 Å². The number of hydrogen-bond acceptors (Lipinski definition) is 2. The molecular weight excluding hydrogens is 244 g/mol. The molecule has 1 unspecified atom stereocenters. The summed E-state index contributed by atoms with van der Waals surface area (Å²) in [7, 11) is 6.60. The standard InChI is InChI=1S/C18H30N2/c1-5-15-9-11-16(12-10-15)17(19-2)18(20(3)4)13-7-6-8-14-18/h9-12,17,19H,5-8,13-14H2,1-4H3. The minimum absolute atomic E-state index is 0.265. The van der Waals surface area contributed by atoms with Gasteiger partial charge in [0.15, 0.2) is 0 Å². The maximum Gasteiger partial charge on any atom is 0.0504 e. The molecule has 2 rings (SSSR count). The van der Waals surface area contributed by atoms with E-state index in [2.05, 4.69) is 62.5 Å². The zero-order chi connectivity index (χ0) is 14.6. The van der Waals surface area contributed by atoms with E-state index in [9.17, 15) is 0 Å². The Bertz CT molecular complexity index is 402. The SMILES string of the molecule is CCc1ccc(C(NC)C2(N(C)C)CCCCC2)cc1. The van der Waals surface area contributed by atoms with Gasteiger partial charge in [-0.05, 0) is 51.5 Å². The van der Waals surface area contributed by atoms with E-state index in [4.69, 9.17) is 0 Å². The smallest absolute Gasteiger partial charge is 0.0504 e. The molecule has 1 fully saturated rings. The molecule has 0 saturated heterocycles. The highest BCUT2D eigenvalue weighted by Crippen LogP contribution is 2.41. The van der Waals surface area contributed by atoms with Gasteiger partial charge in [-0.25, -0.2) is 0 Å². The maximum absolute atomic E-state index is 3.61. The quantitative estimate of drug-likeness (QED) is 0.879. The molecule has 0 amide bonds. The van der Waals surface area contributed by atoms with Crippen molar-refractivity contribution in [3.63, 3.8) is 0 Å². The number of nitrogens with one attached hydrogen (secondary N) is 1. The molecule has 0 spiro atoms. The van der Waals surface area contributed by atoms with E-state index < -0.39 is 0 Å². The van der Waals surface area contributed by atoms with Crippen LogP contribution in [0.3, 0.4) is 0 Å². The lowest BCUT2D eigenvalue weighted by Crippen LogP contribution is -2.54. The Balaban J connectivity index is 2.32. The number of aryl methyl sites for hydroxylation is 1. The fourth-order valence-corrected chi connectivity index (χ4v) is 3.85. The number of nitrogens with zero attached hydrogens (tertiary/aromatic N) is 1. The van der Waals surface area contributed by atoms with Crippen LogP contribution in [0.2, 0.25) is 0 Å². The van der Waals surface area contributed by atoms with E-state index in [1.807, 2.05) is 0 Å². The number of rotatable bonds is 5. The van der Waals surface area contributed by atoms with Crippen molar-refractivity contribution in [2.24, 2.45) is 0 Å². The molecule has 1 aliphatic rings. The molecule has 1 aromatic carbocycles. The summed E-state index contributed by atoms with van der Waals surface area (Å²) >= 11 is 0. The highest BCUT2D eigenvalue weighted by Gasteiger charge is 2.41. The summed E-state index contributed by atoms with van der Waals surface area (Å²) in [5.41, 5.74) is 3.12. The predicted molar refractivity (Wildman–Crippen MR) is 87.1 cm³/mol. The summed E-state index contributed by atoms with van der Waals surface area (Å²) in [5.74, 6) is 0. The minimum Gasteiger partial charge on any atom is -0.311 e. The van der Waals surface area contributed by atoms with Gasteiger partial charge in [-0.1, -0.05) is 50.5 Å². The lowest BCUT2D eigenvalue weighted by atomic mass is 9.73. The molecule has 2 heteroatoms. The summed E-state index contributed by atoms with van der Waals surface area (Å²) < 4.78 is 0. The van der Waals surface area contributed by atoms with E-state index in [1.54, 1.807) is 0 Å². The largest absolute Gasteiger partial charge is 0.311 e. The second kappa shape index (κ2) is 6.73. The van der Waals surface area contributed by atoms with Gasteiger partial charge in [-0.2, -0.15) is 0 Å². The molecule has 1 N–H and O–H groups in total. The second-order valence-corrected chi connectivity index (χ2v) is 6.38. The van der Waals surface area contributed by atoms with Crippen molar-refractivity contribution < 1.29 is 0 Å². The van der Waals surface area contributed by atoms with Crippen LogP contribution in [-0.2, 0) is 6.42 Å². The zero-order valence-corrected chi connectivity index (χ0v) is 13.6. The fourth-order valence-electron chi connectivity index (χ4n) is 3.85. The molecule has 0 heterocycles. The number of hydrogen-bond donors (Lipinski definition) is 1. The van der Waals surface area contributed by atoms with Crippen LogP contribution in [0.15, 0.2) is 24.3 Å². The van der Waals surface area contributed by atoms with Crippen molar-refractivity contribution in [2.75, 3.05) is 21.1 Å². The van der Waals surface area contributed by atoms with E-state index in [0.29, 0.717) is 6.04 Å². The first-order valence-electron chi connectivity index (χ1n) is 8.07. The summed E-state index contributed by atoms with van der Waals surface area (Å²) in [6, 6.07) is 9.63. The van der Waals surface area contributed by atoms with Crippen LogP contribution in [0, 0.1) is 0 Å². The zero-order valence-electron chi connectivity index (χ0n) is 13.6. The number of likely N-dealkylation sites (N-methyl/N-ethyl adjacent to an activating group) is 2. The minimum atomic E-state index is 0.265. The first kappa shape index (κ1) is 15.5. The van der Waals surface area contributed by atoms with Crippen LogP contribution in [0.4, 0.5) is 0 Å². The van der Waals surface area contributed by atoms with Gasteiger partial charge in [0.25, 0.3) is 0 Å². The van der Waals surface area contributed by atoms with Crippen LogP contribution < -0.4 is 5.32 Å². The third kappa shape index (κ3) is 2.91. The molecule has 0 radical (unpaired) electrons. The summed E-state index contributed by atoms with van der Waals surface area (Å²) in [6.07, 6.45) is 7.79. The van der Waals surface area contributed by atoms with Gasteiger partial charge in [0, 0.05) is 5.54 Å². The highest BCUT2D eigenvalue weighted by molar-refractivity contribution is 5.28. The van der Waals surface area contributed by atoms with Crippen molar-refractivity contribution in [1.82, 2.24) is 10.2 Å². The average molecular weight is 274 g/mol. The molecule has 0 aliphatic heterocycles. The predicted octanol–water partition coefficient (Wildman–Crippen LogP) is 3.77. The second-order valence-electron chi connectivity index (χ2n) is 6.38. The van der Waals surface area contributed by atoms with Gasteiger partial charge in [0.1, 0.15) is 0 Å². The highest BCUT2D eigenvalue weighted by atomic mass is 15.2. The molecule has 1 aromatic rings. The van der Waals surface area contributed by atoms with Gasteiger partial charge >= 0.3 is 0 Å². The number of benzene rings is 1. The Morgan fingerprint density at radius 1 is 1.10 bits per heavy atom. The topological polar surface area (TPSA) is 15.3 Å². The van der Waals surface area contributed by atoms with E-state index in [0.717, 1.165) is 6.42 Å². The van der Waals surface area contributed by atoms with Crippen LogP contribution in [0.25, 0.3) is 0 Å². The normalized spacial score (nSPS) is 20.1. The Kier molecular flexibility index (Phi) is 5.22. The third-order valence-electron chi connectivity index (χ3n) is 5.16. The molecule has 112 valence electrons. The van der Waals surface area contributed by atoms with Gasteiger partial charge < -0.3 is 10.2 Å². The fraction of sp³-hybridized carbons (Fsp3) is 0.667. The van der Waals surface area contributed by atoms with E-state index >= 15 is 0 Å². The molecule has 1 saturated carbocycles. The maximum atomic E-state index is 3.61. The Hall–Kier alpha value is -0.860. The third-order valence-corrected chi connectivity index (χ3v) is 5.16. The molecule has 1 aliphatic carbocycles. The summed E-state index contributed by atoms with van der Waals surface area (Å²) in [5, 5.41) is 3.61.